The number of piperazine rings is 1. The number of ether oxygens (including phenoxy) is 2. The Morgan fingerprint density at radius 2 is 1.73 bits per heavy atom. The minimum absolute atomic E-state index is 0.159. The zero-order valence-electron chi connectivity index (χ0n) is 16.8. The summed E-state index contributed by atoms with van der Waals surface area (Å²) in [4.78, 5) is 28.7. The molecule has 0 aliphatic carbocycles. The molecule has 0 atom stereocenters. The van der Waals surface area contributed by atoms with Crippen LogP contribution < -0.4 is 14.8 Å². The summed E-state index contributed by atoms with van der Waals surface area (Å²) < 4.78 is 23.4. The number of hydrogen-bond donors (Lipinski definition) is 1. The summed E-state index contributed by atoms with van der Waals surface area (Å²) in [6, 6.07) is 8.78. The van der Waals surface area contributed by atoms with Crippen molar-refractivity contribution in [1.29, 1.82) is 0 Å². The zero-order chi connectivity index (χ0) is 21.7. The molecular weight excluding hydrogens is 413 g/mol. The van der Waals surface area contributed by atoms with Crippen LogP contribution in [0.2, 0.25) is 5.02 Å². The van der Waals surface area contributed by atoms with Gasteiger partial charge in [0.1, 0.15) is 5.82 Å². The third kappa shape index (κ3) is 5.20. The standard InChI is InChI=1S/C21H23ClFN3O4/c1-29-18-12-14(11-17(22)20(18)30-2)21(28)26-9-7-25(8-10-26)13-19(27)24-16-5-3-15(23)4-6-16/h3-6,11-12H,7-10,13H2,1-2H3,(H,24,27). The maximum atomic E-state index is 13.0. The molecule has 0 spiro atoms. The topological polar surface area (TPSA) is 71.1 Å². The smallest absolute Gasteiger partial charge is 0.254 e. The van der Waals surface area contributed by atoms with Crippen LogP contribution in [0.3, 0.4) is 0 Å². The SMILES string of the molecule is COc1cc(C(=O)N2CCN(CC(=O)Nc3ccc(F)cc3)CC2)cc(Cl)c1OC. The lowest BCUT2D eigenvalue weighted by atomic mass is 10.1. The Morgan fingerprint density at radius 1 is 1.07 bits per heavy atom. The second-order valence-electron chi connectivity index (χ2n) is 6.82. The Kier molecular flexibility index (Phi) is 7.12. The van der Waals surface area contributed by atoms with Crippen LogP contribution in [0.25, 0.3) is 0 Å². The van der Waals surface area contributed by atoms with Crippen molar-refractivity contribution in [3.8, 4) is 11.5 Å². The van der Waals surface area contributed by atoms with Crippen molar-refractivity contribution in [2.75, 3.05) is 52.3 Å². The average Bonchev–Trinajstić information content (AvgIpc) is 2.74. The molecule has 2 amide bonds. The third-order valence-corrected chi connectivity index (χ3v) is 5.12. The minimum Gasteiger partial charge on any atom is -0.493 e. The summed E-state index contributed by atoms with van der Waals surface area (Å²) in [5.74, 6) is 0.0723. The van der Waals surface area contributed by atoms with E-state index in [2.05, 4.69) is 5.32 Å². The van der Waals surface area contributed by atoms with Crippen LogP contribution in [0.15, 0.2) is 36.4 Å². The van der Waals surface area contributed by atoms with Gasteiger partial charge in [0.25, 0.3) is 5.91 Å². The van der Waals surface area contributed by atoms with E-state index in [9.17, 15) is 14.0 Å². The lowest BCUT2D eigenvalue weighted by Crippen LogP contribution is -2.50. The normalized spacial score (nSPS) is 14.3. The number of rotatable bonds is 6. The lowest BCUT2D eigenvalue weighted by Gasteiger charge is -2.34. The second kappa shape index (κ2) is 9.77. The molecule has 1 aliphatic rings. The quantitative estimate of drug-likeness (QED) is 0.755. The number of benzene rings is 2. The molecule has 1 aliphatic heterocycles. The van der Waals surface area contributed by atoms with Crippen molar-refractivity contribution < 1.29 is 23.5 Å². The first-order valence-corrected chi connectivity index (χ1v) is 9.77. The third-order valence-electron chi connectivity index (χ3n) is 4.84. The molecule has 160 valence electrons. The number of nitrogens with zero attached hydrogens (tertiary/aromatic N) is 2. The highest BCUT2D eigenvalue weighted by Gasteiger charge is 2.25. The molecule has 1 heterocycles. The number of methoxy groups -OCH3 is 2. The molecule has 0 bridgehead atoms. The van der Waals surface area contributed by atoms with Crippen molar-refractivity contribution in [2.45, 2.75) is 0 Å². The summed E-state index contributed by atoms with van der Waals surface area (Å²) in [6.45, 7) is 2.28. The molecule has 2 aromatic rings. The van der Waals surface area contributed by atoms with Crippen molar-refractivity contribution in [1.82, 2.24) is 9.80 Å². The molecule has 0 radical (unpaired) electrons. The van der Waals surface area contributed by atoms with E-state index in [1.165, 1.54) is 38.5 Å². The van der Waals surface area contributed by atoms with Crippen LogP contribution >= 0.6 is 11.6 Å². The molecule has 7 nitrogen and oxygen atoms in total. The molecule has 2 aromatic carbocycles. The fraction of sp³-hybridized carbons (Fsp3) is 0.333. The molecular formula is C21H23ClFN3O4. The van der Waals surface area contributed by atoms with Gasteiger partial charge < -0.3 is 19.7 Å². The Labute approximate surface area is 179 Å². The highest BCUT2D eigenvalue weighted by Crippen LogP contribution is 2.36. The predicted molar refractivity (Wildman–Crippen MR) is 112 cm³/mol. The van der Waals surface area contributed by atoms with Crippen LogP contribution in [-0.2, 0) is 4.79 Å². The van der Waals surface area contributed by atoms with Gasteiger partial charge in [-0.05, 0) is 36.4 Å². The van der Waals surface area contributed by atoms with Crippen molar-refractivity contribution in [2.24, 2.45) is 0 Å². The number of amides is 2. The number of carbonyl (C=O) groups excluding carboxylic acids is 2. The van der Waals surface area contributed by atoms with Crippen molar-refractivity contribution in [3.05, 3.63) is 52.8 Å². The van der Waals surface area contributed by atoms with Gasteiger partial charge in [0.05, 0.1) is 25.8 Å². The Balaban J connectivity index is 1.55. The van der Waals surface area contributed by atoms with Gasteiger partial charge in [0.2, 0.25) is 5.91 Å². The molecule has 1 N–H and O–H groups in total. The summed E-state index contributed by atoms with van der Waals surface area (Å²) in [5.41, 5.74) is 0.959. The van der Waals surface area contributed by atoms with Crippen LogP contribution in [0.4, 0.5) is 10.1 Å². The average molecular weight is 436 g/mol. The maximum Gasteiger partial charge on any atom is 0.254 e. The number of carbonyl (C=O) groups is 2. The van der Waals surface area contributed by atoms with Crippen LogP contribution in [0.5, 0.6) is 11.5 Å². The van der Waals surface area contributed by atoms with E-state index in [-0.39, 0.29) is 24.2 Å². The van der Waals surface area contributed by atoms with Crippen LogP contribution in [-0.4, -0.2) is 68.6 Å². The Morgan fingerprint density at radius 3 is 2.33 bits per heavy atom. The van der Waals surface area contributed by atoms with Gasteiger partial charge in [-0.15, -0.1) is 0 Å². The van der Waals surface area contributed by atoms with Gasteiger partial charge in [-0.2, -0.15) is 0 Å². The second-order valence-corrected chi connectivity index (χ2v) is 7.22. The van der Waals surface area contributed by atoms with Gasteiger partial charge >= 0.3 is 0 Å². The highest BCUT2D eigenvalue weighted by molar-refractivity contribution is 6.32. The number of nitrogens with one attached hydrogen (secondary N) is 1. The van der Waals surface area contributed by atoms with E-state index in [1.54, 1.807) is 17.0 Å². The number of anilines is 1. The Hall–Kier alpha value is -2.84. The van der Waals surface area contributed by atoms with E-state index in [0.717, 1.165) is 0 Å². The van der Waals surface area contributed by atoms with E-state index in [1.807, 2.05) is 4.90 Å². The van der Waals surface area contributed by atoms with Crippen LogP contribution in [0, 0.1) is 5.82 Å². The first kappa shape index (κ1) is 21.9. The largest absolute Gasteiger partial charge is 0.493 e. The molecule has 1 saturated heterocycles. The van der Waals surface area contributed by atoms with E-state index >= 15 is 0 Å². The fourth-order valence-corrected chi connectivity index (χ4v) is 3.56. The highest BCUT2D eigenvalue weighted by atomic mass is 35.5. The molecule has 3 rings (SSSR count). The Bertz CT molecular complexity index is 915. The monoisotopic (exact) mass is 435 g/mol. The van der Waals surface area contributed by atoms with Crippen molar-refractivity contribution >= 4 is 29.1 Å². The number of halogens is 2. The maximum absolute atomic E-state index is 13.0. The van der Waals surface area contributed by atoms with Gasteiger partial charge in [-0.3, -0.25) is 14.5 Å². The minimum atomic E-state index is -0.357. The van der Waals surface area contributed by atoms with Gasteiger partial charge in [0, 0.05) is 37.4 Å². The molecule has 0 unspecified atom stereocenters. The van der Waals surface area contributed by atoms with Gasteiger partial charge in [0.15, 0.2) is 11.5 Å². The molecule has 30 heavy (non-hydrogen) atoms. The van der Waals surface area contributed by atoms with E-state index in [0.29, 0.717) is 54.0 Å². The van der Waals surface area contributed by atoms with E-state index < -0.39 is 0 Å². The molecule has 0 saturated carbocycles. The predicted octanol–water partition coefficient (Wildman–Crippen LogP) is 2.89. The first-order chi connectivity index (χ1) is 14.4. The number of hydrogen-bond acceptors (Lipinski definition) is 5. The summed E-state index contributed by atoms with van der Waals surface area (Å²) in [7, 11) is 2.97. The van der Waals surface area contributed by atoms with Gasteiger partial charge in [-0.25, -0.2) is 4.39 Å². The van der Waals surface area contributed by atoms with E-state index in [4.69, 9.17) is 21.1 Å². The lowest BCUT2D eigenvalue weighted by molar-refractivity contribution is -0.117. The summed E-state index contributed by atoms with van der Waals surface area (Å²) in [5, 5.41) is 3.04. The fourth-order valence-electron chi connectivity index (χ4n) is 3.27. The summed E-state index contributed by atoms with van der Waals surface area (Å²) >= 11 is 6.20. The first-order valence-electron chi connectivity index (χ1n) is 9.40. The molecule has 9 heteroatoms. The molecule has 0 aromatic heterocycles. The van der Waals surface area contributed by atoms with Crippen LogP contribution in [0.1, 0.15) is 10.4 Å². The molecule has 1 fully saturated rings. The summed E-state index contributed by atoms with van der Waals surface area (Å²) in [6.07, 6.45) is 0. The van der Waals surface area contributed by atoms with Crippen molar-refractivity contribution in [3.63, 3.8) is 0 Å². The van der Waals surface area contributed by atoms with Gasteiger partial charge in [-0.1, -0.05) is 11.6 Å². The zero-order valence-corrected chi connectivity index (χ0v) is 17.5.